The molecular weight excluding hydrogens is 228 g/mol. The van der Waals surface area contributed by atoms with E-state index in [2.05, 4.69) is 5.10 Å². The van der Waals surface area contributed by atoms with Crippen molar-refractivity contribution in [3.8, 4) is 0 Å². The predicted octanol–water partition coefficient (Wildman–Crippen LogP) is 2.01. The van der Waals surface area contributed by atoms with Crippen LogP contribution in [-0.2, 0) is 11.3 Å². The Morgan fingerprint density at radius 2 is 2.11 bits per heavy atom. The van der Waals surface area contributed by atoms with Gasteiger partial charge in [0, 0.05) is 11.3 Å². The second-order valence-corrected chi connectivity index (χ2v) is 4.47. The third-order valence-electron chi connectivity index (χ3n) is 3.23. The van der Waals surface area contributed by atoms with E-state index in [1.807, 2.05) is 32.0 Å². The van der Waals surface area contributed by atoms with Crippen molar-refractivity contribution in [3.63, 3.8) is 0 Å². The standard InChI is InChI=1S/C14H16N2O2/c1-3-10(2)13(17)9-16-14(18)12-7-5-4-6-11(12)8-15-16/h4-8,10H,3,9H2,1-2H3. The van der Waals surface area contributed by atoms with E-state index in [-0.39, 0.29) is 23.8 Å². The number of nitrogens with zero attached hydrogens (tertiary/aromatic N) is 2. The Bertz CT molecular complexity index is 631. The number of carbonyl (C=O) groups excluding carboxylic acids is 1. The van der Waals surface area contributed by atoms with E-state index in [0.717, 1.165) is 11.8 Å². The first-order valence-electron chi connectivity index (χ1n) is 6.11. The van der Waals surface area contributed by atoms with E-state index in [9.17, 15) is 9.59 Å². The summed E-state index contributed by atoms with van der Waals surface area (Å²) in [4.78, 5) is 24.0. The van der Waals surface area contributed by atoms with Crippen LogP contribution in [0.3, 0.4) is 0 Å². The number of hydrogen-bond donors (Lipinski definition) is 0. The highest BCUT2D eigenvalue weighted by molar-refractivity contribution is 5.82. The molecule has 0 saturated heterocycles. The molecule has 1 aromatic heterocycles. The molecule has 0 aliphatic rings. The summed E-state index contributed by atoms with van der Waals surface area (Å²) < 4.78 is 1.25. The molecule has 1 heterocycles. The first-order valence-corrected chi connectivity index (χ1v) is 6.11. The minimum absolute atomic E-state index is 0.0369. The lowest BCUT2D eigenvalue weighted by atomic mass is 10.0. The molecule has 1 aromatic carbocycles. The van der Waals surface area contributed by atoms with Crippen LogP contribution < -0.4 is 5.56 Å². The average Bonchev–Trinajstić information content (AvgIpc) is 2.41. The van der Waals surface area contributed by atoms with Gasteiger partial charge in [-0.3, -0.25) is 9.59 Å². The van der Waals surface area contributed by atoms with Gasteiger partial charge in [0.05, 0.1) is 11.6 Å². The maximum absolute atomic E-state index is 12.1. The van der Waals surface area contributed by atoms with Crippen LogP contribution in [0.2, 0.25) is 0 Å². The van der Waals surface area contributed by atoms with Gasteiger partial charge in [-0.25, -0.2) is 4.68 Å². The molecule has 2 rings (SSSR count). The van der Waals surface area contributed by atoms with Crippen molar-refractivity contribution in [1.29, 1.82) is 0 Å². The molecule has 18 heavy (non-hydrogen) atoms. The molecule has 4 nitrogen and oxygen atoms in total. The number of Topliss-reactive ketones (excluding diaryl/α,β-unsaturated/α-hetero) is 1. The lowest BCUT2D eigenvalue weighted by Gasteiger charge is -2.09. The van der Waals surface area contributed by atoms with Crippen LogP contribution in [0, 0.1) is 5.92 Å². The van der Waals surface area contributed by atoms with Gasteiger partial charge < -0.3 is 0 Å². The van der Waals surface area contributed by atoms with Gasteiger partial charge in [-0.2, -0.15) is 5.10 Å². The van der Waals surface area contributed by atoms with Gasteiger partial charge in [0.15, 0.2) is 5.78 Å². The number of fused-ring (bicyclic) bond motifs is 1. The lowest BCUT2D eigenvalue weighted by Crippen LogP contribution is -2.28. The summed E-state index contributed by atoms with van der Waals surface area (Å²) in [5, 5.41) is 5.45. The first kappa shape index (κ1) is 12.5. The number of hydrogen-bond acceptors (Lipinski definition) is 3. The van der Waals surface area contributed by atoms with E-state index >= 15 is 0 Å². The SMILES string of the molecule is CCC(C)C(=O)Cn1ncc2ccccc2c1=O. The van der Waals surface area contributed by atoms with Crippen molar-refractivity contribution < 1.29 is 4.79 Å². The molecule has 0 spiro atoms. The van der Waals surface area contributed by atoms with Crippen LogP contribution in [0.25, 0.3) is 10.8 Å². The second-order valence-electron chi connectivity index (χ2n) is 4.47. The highest BCUT2D eigenvalue weighted by atomic mass is 16.1. The highest BCUT2D eigenvalue weighted by Crippen LogP contribution is 2.07. The fraction of sp³-hybridized carbons (Fsp3) is 0.357. The Morgan fingerprint density at radius 3 is 2.83 bits per heavy atom. The van der Waals surface area contributed by atoms with E-state index in [1.54, 1.807) is 12.3 Å². The van der Waals surface area contributed by atoms with Gasteiger partial charge in [0.2, 0.25) is 0 Å². The van der Waals surface area contributed by atoms with Crippen LogP contribution in [0.15, 0.2) is 35.3 Å². The number of carbonyl (C=O) groups is 1. The fourth-order valence-corrected chi connectivity index (χ4v) is 1.77. The van der Waals surface area contributed by atoms with Gasteiger partial charge >= 0.3 is 0 Å². The molecule has 0 radical (unpaired) electrons. The second kappa shape index (κ2) is 5.12. The summed E-state index contributed by atoms with van der Waals surface area (Å²) in [5.41, 5.74) is -0.204. The predicted molar refractivity (Wildman–Crippen MR) is 70.5 cm³/mol. The zero-order valence-corrected chi connectivity index (χ0v) is 10.6. The van der Waals surface area contributed by atoms with Crippen molar-refractivity contribution in [2.45, 2.75) is 26.8 Å². The van der Waals surface area contributed by atoms with Gasteiger partial charge in [-0.05, 0) is 12.5 Å². The number of aromatic nitrogens is 2. The van der Waals surface area contributed by atoms with Crippen molar-refractivity contribution in [3.05, 3.63) is 40.8 Å². The van der Waals surface area contributed by atoms with E-state index in [0.29, 0.717) is 5.39 Å². The minimum atomic E-state index is -0.204. The number of ketones is 1. The Hall–Kier alpha value is -1.97. The van der Waals surface area contributed by atoms with Crippen LogP contribution in [0.4, 0.5) is 0 Å². The highest BCUT2D eigenvalue weighted by Gasteiger charge is 2.13. The Balaban J connectivity index is 2.38. The van der Waals surface area contributed by atoms with Gasteiger partial charge in [-0.1, -0.05) is 32.0 Å². The summed E-state index contributed by atoms with van der Waals surface area (Å²) in [6.45, 7) is 3.88. The van der Waals surface area contributed by atoms with Crippen molar-refractivity contribution in [2.75, 3.05) is 0 Å². The minimum Gasteiger partial charge on any atom is -0.297 e. The van der Waals surface area contributed by atoms with Gasteiger partial charge in [0.25, 0.3) is 5.56 Å². The molecule has 0 N–H and O–H groups in total. The normalized spacial score (nSPS) is 12.6. The van der Waals surface area contributed by atoms with Gasteiger partial charge in [-0.15, -0.1) is 0 Å². The molecule has 0 fully saturated rings. The summed E-state index contributed by atoms with van der Waals surface area (Å²) >= 11 is 0. The molecule has 0 aliphatic carbocycles. The van der Waals surface area contributed by atoms with E-state index in [4.69, 9.17) is 0 Å². The maximum Gasteiger partial charge on any atom is 0.275 e. The Morgan fingerprint density at radius 1 is 1.39 bits per heavy atom. The Labute approximate surface area is 105 Å². The summed E-state index contributed by atoms with van der Waals surface area (Å²) in [7, 11) is 0. The van der Waals surface area contributed by atoms with Crippen LogP contribution in [-0.4, -0.2) is 15.6 Å². The van der Waals surface area contributed by atoms with Crippen LogP contribution in [0.5, 0.6) is 0 Å². The molecule has 4 heteroatoms. The smallest absolute Gasteiger partial charge is 0.275 e. The van der Waals surface area contributed by atoms with E-state index in [1.165, 1.54) is 4.68 Å². The number of benzene rings is 1. The monoisotopic (exact) mass is 244 g/mol. The van der Waals surface area contributed by atoms with Crippen molar-refractivity contribution in [1.82, 2.24) is 9.78 Å². The van der Waals surface area contributed by atoms with Crippen molar-refractivity contribution >= 4 is 16.6 Å². The molecule has 0 aliphatic heterocycles. The zero-order valence-electron chi connectivity index (χ0n) is 10.6. The van der Waals surface area contributed by atoms with E-state index < -0.39 is 0 Å². The quantitative estimate of drug-likeness (QED) is 0.826. The zero-order chi connectivity index (χ0) is 13.1. The molecule has 2 aromatic rings. The third kappa shape index (κ3) is 2.32. The third-order valence-corrected chi connectivity index (χ3v) is 3.23. The fourth-order valence-electron chi connectivity index (χ4n) is 1.77. The lowest BCUT2D eigenvalue weighted by molar-refractivity contribution is -0.123. The maximum atomic E-state index is 12.1. The molecule has 0 amide bonds. The number of rotatable bonds is 4. The molecule has 0 bridgehead atoms. The average molecular weight is 244 g/mol. The van der Waals surface area contributed by atoms with Gasteiger partial charge in [0.1, 0.15) is 6.54 Å². The topological polar surface area (TPSA) is 52.0 Å². The molecular formula is C14H16N2O2. The largest absolute Gasteiger partial charge is 0.297 e. The molecule has 1 atom stereocenters. The summed E-state index contributed by atoms with van der Waals surface area (Å²) in [6, 6.07) is 7.26. The van der Waals surface area contributed by atoms with Crippen LogP contribution >= 0.6 is 0 Å². The van der Waals surface area contributed by atoms with Crippen LogP contribution in [0.1, 0.15) is 20.3 Å². The summed E-state index contributed by atoms with van der Waals surface area (Å²) in [6.07, 6.45) is 2.40. The molecule has 94 valence electrons. The molecule has 1 unspecified atom stereocenters. The Kier molecular flexibility index (Phi) is 3.55. The summed E-state index contributed by atoms with van der Waals surface area (Å²) in [5.74, 6) is 0.00699. The first-order chi connectivity index (χ1) is 8.63. The molecule has 0 saturated carbocycles. The van der Waals surface area contributed by atoms with Crippen molar-refractivity contribution in [2.24, 2.45) is 5.92 Å².